The minimum absolute atomic E-state index is 0.790. The number of nitrogens with zero attached hydrogens (tertiary/aromatic N) is 1. The van der Waals surface area contributed by atoms with Crippen molar-refractivity contribution in [2.24, 2.45) is 5.92 Å². The van der Waals surface area contributed by atoms with Crippen molar-refractivity contribution in [1.29, 1.82) is 0 Å². The number of hydrogen-bond donors (Lipinski definition) is 1. The molecular weight excluding hydrogens is 184 g/mol. The van der Waals surface area contributed by atoms with Crippen molar-refractivity contribution in [3.8, 4) is 0 Å². The molecule has 90 valence electrons. The van der Waals surface area contributed by atoms with Gasteiger partial charge in [-0.15, -0.1) is 0 Å². The second kappa shape index (κ2) is 7.24. The largest absolute Gasteiger partial charge is 0.314 e. The topological polar surface area (TPSA) is 15.3 Å². The van der Waals surface area contributed by atoms with Crippen LogP contribution in [0.2, 0.25) is 0 Å². The highest BCUT2D eigenvalue weighted by Crippen LogP contribution is 2.13. The van der Waals surface area contributed by atoms with Gasteiger partial charge in [-0.05, 0) is 44.8 Å². The summed E-state index contributed by atoms with van der Waals surface area (Å²) in [5, 5.41) is 3.63. The van der Waals surface area contributed by atoms with E-state index >= 15 is 0 Å². The van der Waals surface area contributed by atoms with E-state index in [9.17, 15) is 0 Å². The molecule has 0 aromatic heterocycles. The standard InChI is InChI=1S/C13H28N2/c1-4-8-14-13-6-9-15(10-7-13)11-12(3)5-2/h12-14H,4-11H2,1-3H3. The van der Waals surface area contributed by atoms with Crippen LogP contribution in [-0.2, 0) is 0 Å². The Labute approximate surface area is 95.4 Å². The van der Waals surface area contributed by atoms with Crippen LogP contribution in [-0.4, -0.2) is 37.1 Å². The van der Waals surface area contributed by atoms with Crippen molar-refractivity contribution in [2.75, 3.05) is 26.2 Å². The number of hydrogen-bond acceptors (Lipinski definition) is 2. The van der Waals surface area contributed by atoms with Gasteiger partial charge < -0.3 is 10.2 Å². The Kier molecular flexibility index (Phi) is 6.26. The average molecular weight is 212 g/mol. The van der Waals surface area contributed by atoms with Crippen molar-refractivity contribution in [1.82, 2.24) is 10.2 Å². The Bertz CT molecular complexity index is 151. The molecule has 0 saturated carbocycles. The molecule has 0 radical (unpaired) electrons. The van der Waals surface area contributed by atoms with Gasteiger partial charge in [0.2, 0.25) is 0 Å². The zero-order chi connectivity index (χ0) is 11.1. The number of nitrogens with one attached hydrogen (secondary N) is 1. The van der Waals surface area contributed by atoms with Gasteiger partial charge in [-0.2, -0.15) is 0 Å². The van der Waals surface area contributed by atoms with E-state index in [4.69, 9.17) is 0 Å². The molecule has 1 aliphatic heterocycles. The lowest BCUT2D eigenvalue weighted by Gasteiger charge is -2.33. The van der Waals surface area contributed by atoms with Gasteiger partial charge in [0.05, 0.1) is 0 Å². The fourth-order valence-corrected chi connectivity index (χ4v) is 2.24. The predicted molar refractivity (Wildman–Crippen MR) is 67.2 cm³/mol. The lowest BCUT2D eigenvalue weighted by molar-refractivity contribution is 0.175. The van der Waals surface area contributed by atoms with Crippen LogP contribution in [0.3, 0.4) is 0 Å². The Balaban J connectivity index is 2.12. The van der Waals surface area contributed by atoms with E-state index in [1.54, 1.807) is 0 Å². The SMILES string of the molecule is CCCNC1CCN(CC(C)CC)CC1. The summed E-state index contributed by atoms with van der Waals surface area (Å²) >= 11 is 0. The molecule has 0 aromatic carbocycles. The van der Waals surface area contributed by atoms with Crippen LogP contribution in [0.4, 0.5) is 0 Å². The van der Waals surface area contributed by atoms with Crippen LogP contribution in [0.15, 0.2) is 0 Å². The van der Waals surface area contributed by atoms with E-state index in [2.05, 4.69) is 31.0 Å². The van der Waals surface area contributed by atoms with Gasteiger partial charge in [0.15, 0.2) is 0 Å². The molecule has 15 heavy (non-hydrogen) atoms. The summed E-state index contributed by atoms with van der Waals surface area (Å²) in [5.74, 6) is 0.866. The minimum Gasteiger partial charge on any atom is -0.314 e. The highest BCUT2D eigenvalue weighted by Gasteiger charge is 2.18. The van der Waals surface area contributed by atoms with Gasteiger partial charge in [-0.3, -0.25) is 0 Å². The van der Waals surface area contributed by atoms with Crippen molar-refractivity contribution < 1.29 is 0 Å². The van der Waals surface area contributed by atoms with Gasteiger partial charge in [-0.25, -0.2) is 0 Å². The summed E-state index contributed by atoms with van der Waals surface area (Å²) in [5.41, 5.74) is 0. The summed E-state index contributed by atoms with van der Waals surface area (Å²) in [6.07, 6.45) is 5.26. The molecule has 0 amide bonds. The fourth-order valence-electron chi connectivity index (χ4n) is 2.24. The molecule has 1 fully saturated rings. The van der Waals surface area contributed by atoms with Crippen molar-refractivity contribution in [2.45, 2.75) is 52.5 Å². The first-order valence-corrected chi connectivity index (χ1v) is 6.72. The van der Waals surface area contributed by atoms with Crippen LogP contribution in [0.1, 0.15) is 46.5 Å². The van der Waals surface area contributed by atoms with Crippen molar-refractivity contribution in [3.05, 3.63) is 0 Å². The highest BCUT2D eigenvalue weighted by atomic mass is 15.1. The van der Waals surface area contributed by atoms with Crippen LogP contribution < -0.4 is 5.32 Å². The molecule has 0 bridgehead atoms. The number of likely N-dealkylation sites (tertiary alicyclic amines) is 1. The first-order chi connectivity index (χ1) is 7.26. The Morgan fingerprint density at radius 3 is 2.47 bits per heavy atom. The molecule has 1 N–H and O–H groups in total. The molecule has 2 nitrogen and oxygen atoms in total. The number of rotatable bonds is 6. The third-order valence-electron chi connectivity index (χ3n) is 3.54. The Morgan fingerprint density at radius 2 is 1.93 bits per heavy atom. The zero-order valence-corrected chi connectivity index (χ0v) is 10.8. The molecule has 1 atom stereocenters. The molecule has 0 spiro atoms. The first-order valence-electron chi connectivity index (χ1n) is 6.72. The third-order valence-corrected chi connectivity index (χ3v) is 3.54. The maximum atomic E-state index is 3.63. The lowest BCUT2D eigenvalue weighted by atomic mass is 10.0. The Hall–Kier alpha value is -0.0800. The first kappa shape index (κ1) is 13.0. The van der Waals surface area contributed by atoms with Crippen molar-refractivity contribution in [3.63, 3.8) is 0 Å². The van der Waals surface area contributed by atoms with Gasteiger partial charge >= 0.3 is 0 Å². The van der Waals surface area contributed by atoms with Crippen LogP contribution in [0.25, 0.3) is 0 Å². The van der Waals surface area contributed by atoms with Gasteiger partial charge in [0.1, 0.15) is 0 Å². The molecule has 0 aromatic rings. The predicted octanol–water partition coefficient (Wildman–Crippen LogP) is 2.50. The van der Waals surface area contributed by atoms with Crippen molar-refractivity contribution >= 4 is 0 Å². The molecule has 1 heterocycles. The van der Waals surface area contributed by atoms with E-state index < -0.39 is 0 Å². The second-order valence-electron chi connectivity index (χ2n) is 5.04. The monoisotopic (exact) mass is 212 g/mol. The lowest BCUT2D eigenvalue weighted by Crippen LogP contribution is -2.43. The summed E-state index contributed by atoms with van der Waals surface area (Å²) in [6, 6.07) is 0.790. The molecule has 2 heteroatoms. The van der Waals surface area contributed by atoms with Crippen LogP contribution in [0, 0.1) is 5.92 Å². The van der Waals surface area contributed by atoms with E-state index in [-0.39, 0.29) is 0 Å². The maximum absolute atomic E-state index is 3.63. The summed E-state index contributed by atoms with van der Waals surface area (Å²) < 4.78 is 0. The molecule has 0 aliphatic carbocycles. The highest BCUT2D eigenvalue weighted by molar-refractivity contribution is 4.77. The smallest absolute Gasteiger partial charge is 0.00914 e. The quantitative estimate of drug-likeness (QED) is 0.728. The Morgan fingerprint density at radius 1 is 1.27 bits per heavy atom. The van der Waals surface area contributed by atoms with Gasteiger partial charge in [0.25, 0.3) is 0 Å². The molecular formula is C13H28N2. The van der Waals surface area contributed by atoms with E-state index in [0.717, 1.165) is 12.0 Å². The van der Waals surface area contributed by atoms with Gasteiger partial charge in [0, 0.05) is 12.6 Å². The zero-order valence-electron chi connectivity index (χ0n) is 10.8. The molecule has 1 saturated heterocycles. The molecule has 1 aliphatic rings. The van der Waals surface area contributed by atoms with E-state index in [1.165, 1.54) is 51.9 Å². The molecule has 1 rings (SSSR count). The van der Waals surface area contributed by atoms with Crippen LogP contribution in [0.5, 0.6) is 0 Å². The second-order valence-corrected chi connectivity index (χ2v) is 5.04. The average Bonchev–Trinajstić information content (AvgIpc) is 2.28. The van der Waals surface area contributed by atoms with E-state index in [1.807, 2.05) is 0 Å². The number of piperidine rings is 1. The summed E-state index contributed by atoms with van der Waals surface area (Å²) in [6.45, 7) is 12.0. The fraction of sp³-hybridized carbons (Fsp3) is 1.00. The maximum Gasteiger partial charge on any atom is 0.00914 e. The minimum atomic E-state index is 0.790. The molecule has 1 unspecified atom stereocenters. The van der Waals surface area contributed by atoms with Gasteiger partial charge in [-0.1, -0.05) is 27.2 Å². The normalized spacial score (nSPS) is 21.8. The van der Waals surface area contributed by atoms with E-state index in [0.29, 0.717) is 0 Å². The summed E-state index contributed by atoms with van der Waals surface area (Å²) in [4.78, 5) is 2.64. The summed E-state index contributed by atoms with van der Waals surface area (Å²) in [7, 11) is 0. The third kappa shape index (κ3) is 4.98. The van der Waals surface area contributed by atoms with Crippen LogP contribution >= 0.6 is 0 Å².